The number of nitrogens with zero attached hydrogens (tertiary/aromatic N) is 10. The zero-order chi connectivity index (χ0) is 43.4. The lowest BCUT2D eigenvalue weighted by Gasteiger charge is -2.56. The number of imidazole rings is 1. The topological polar surface area (TPSA) is 188 Å². The highest BCUT2D eigenvalue weighted by atomic mass is 16.2. The molecule has 6 aromatic rings. The molecule has 0 bridgehead atoms. The van der Waals surface area contributed by atoms with Gasteiger partial charge in [0.25, 0.3) is 11.5 Å². The third-order valence-electron chi connectivity index (χ3n) is 14.5. The van der Waals surface area contributed by atoms with Crippen LogP contribution in [0.3, 0.4) is 0 Å². The molecule has 3 amide bonds. The molecule has 1 unspecified atom stereocenters. The number of anilines is 4. The number of piperidine rings is 2. The minimum absolute atomic E-state index is 0.0510. The molecule has 0 radical (unpaired) electrons. The average molecular weight is 862 g/mol. The van der Waals surface area contributed by atoms with E-state index >= 15 is 0 Å². The largest absolute Gasteiger partial charge is 0.371 e. The van der Waals surface area contributed by atoms with Gasteiger partial charge >= 0.3 is 0 Å². The summed E-state index contributed by atoms with van der Waals surface area (Å²) in [6.45, 7) is 5.79. The maximum Gasteiger partial charge on any atom is 0.278 e. The van der Waals surface area contributed by atoms with Gasteiger partial charge in [0, 0.05) is 80.9 Å². The number of rotatable bonds is 10. The minimum atomic E-state index is -0.841. The minimum Gasteiger partial charge on any atom is -0.371 e. The summed E-state index contributed by atoms with van der Waals surface area (Å²) in [4.78, 5) is 71.5. The third-order valence-corrected chi connectivity index (χ3v) is 14.5. The van der Waals surface area contributed by atoms with Crippen molar-refractivity contribution in [3.63, 3.8) is 0 Å². The molecule has 3 saturated heterocycles. The highest BCUT2D eigenvalue weighted by Crippen LogP contribution is 2.51. The second-order valence-corrected chi connectivity index (χ2v) is 18.3. The Hall–Kier alpha value is -6.75. The Balaban J connectivity index is 0.643. The standard InChI is InChI=1S/C47H51N13O4/c61-40-13-12-39(45(63)53-40)60-46(64)37-25-34(10-11-38(37)54-55-60)57-18-20-58(21-19-57)36-26-47(27-36)14-16-56(17-15-47)33-8-6-31(7-9-33)52-43-42-44(49-28-48-43)59(29-50-42)35-23-32(24-35)51-41(62)22-30-4-2-1-3-5-30/h1-11,25,28-29,32,35-36,39H,12-24,26-27H2,(H,51,62)(H,48,49,52)(H,53,61,63). The second kappa shape index (κ2) is 16.4. The first-order valence-electron chi connectivity index (χ1n) is 22.6. The summed E-state index contributed by atoms with van der Waals surface area (Å²) in [5, 5.41) is 17.6. The molecule has 17 heteroatoms. The highest BCUT2D eigenvalue weighted by molar-refractivity contribution is 5.99. The Morgan fingerprint density at radius 2 is 1.56 bits per heavy atom. The van der Waals surface area contributed by atoms with Crippen LogP contribution < -0.4 is 31.3 Å². The fourth-order valence-corrected chi connectivity index (χ4v) is 10.6. The first kappa shape index (κ1) is 40.1. The average Bonchev–Trinajstić information content (AvgIpc) is 3.72. The van der Waals surface area contributed by atoms with E-state index in [1.165, 1.54) is 31.4 Å². The van der Waals surface area contributed by atoms with Crippen LogP contribution in [0.25, 0.3) is 22.1 Å². The zero-order valence-corrected chi connectivity index (χ0v) is 35.6. The van der Waals surface area contributed by atoms with Gasteiger partial charge in [0.2, 0.25) is 11.8 Å². The second-order valence-electron chi connectivity index (χ2n) is 18.3. The first-order valence-corrected chi connectivity index (χ1v) is 22.6. The number of carbonyl (C=O) groups excluding carboxylic acids is 3. The maximum atomic E-state index is 13.5. The van der Waals surface area contributed by atoms with Crippen molar-refractivity contribution in [2.75, 3.05) is 54.4 Å². The van der Waals surface area contributed by atoms with E-state index in [9.17, 15) is 19.2 Å². The van der Waals surface area contributed by atoms with Crippen molar-refractivity contribution >= 4 is 62.7 Å². The van der Waals surface area contributed by atoms with E-state index in [1.54, 1.807) is 6.33 Å². The van der Waals surface area contributed by atoms with E-state index in [0.717, 1.165) is 84.9 Å². The van der Waals surface area contributed by atoms with Gasteiger partial charge in [-0.15, -0.1) is 5.10 Å². The van der Waals surface area contributed by atoms with Crippen LogP contribution in [0.2, 0.25) is 0 Å². The Kier molecular flexibility index (Phi) is 10.3. The number of carbonyl (C=O) groups is 3. The fraction of sp³-hybridized carbons (Fsp3) is 0.426. The Morgan fingerprint density at radius 1 is 0.812 bits per heavy atom. The molecule has 3 aromatic heterocycles. The Labute approximate surface area is 369 Å². The van der Waals surface area contributed by atoms with E-state index in [4.69, 9.17) is 4.98 Å². The lowest BCUT2D eigenvalue weighted by molar-refractivity contribution is -0.136. The molecule has 64 heavy (non-hydrogen) atoms. The molecule has 3 N–H and O–H groups in total. The number of nitrogens with one attached hydrogen (secondary N) is 3. The first-order chi connectivity index (χ1) is 31.2. The van der Waals surface area contributed by atoms with Crippen molar-refractivity contribution in [3.05, 3.63) is 101 Å². The lowest BCUT2D eigenvalue weighted by Crippen LogP contribution is -2.59. The molecule has 328 valence electrons. The summed E-state index contributed by atoms with van der Waals surface area (Å²) >= 11 is 0. The zero-order valence-electron chi connectivity index (χ0n) is 35.6. The van der Waals surface area contributed by atoms with Crippen LogP contribution in [0.15, 0.2) is 90.2 Å². The predicted molar refractivity (Wildman–Crippen MR) is 241 cm³/mol. The molecule has 2 saturated carbocycles. The number of aromatic nitrogens is 7. The summed E-state index contributed by atoms with van der Waals surface area (Å²) in [6.07, 6.45) is 10.8. The van der Waals surface area contributed by atoms with Gasteiger partial charge < -0.3 is 25.0 Å². The molecule has 11 rings (SSSR count). The summed E-state index contributed by atoms with van der Waals surface area (Å²) in [7, 11) is 0. The fourth-order valence-electron chi connectivity index (χ4n) is 10.6. The van der Waals surface area contributed by atoms with Crippen LogP contribution in [0.5, 0.6) is 0 Å². The van der Waals surface area contributed by atoms with Crippen molar-refractivity contribution in [2.24, 2.45) is 5.41 Å². The van der Waals surface area contributed by atoms with Gasteiger partial charge in [-0.2, -0.15) is 4.68 Å². The van der Waals surface area contributed by atoms with Crippen molar-refractivity contribution in [1.29, 1.82) is 0 Å². The number of imide groups is 1. The Bertz CT molecular complexity index is 2780. The number of benzene rings is 3. The van der Waals surface area contributed by atoms with Gasteiger partial charge in [-0.05, 0) is 98.4 Å². The van der Waals surface area contributed by atoms with Gasteiger partial charge in [-0.25, -0.2) is 15.0 Å². The van der Waals surface area contributed by atoms with E-state index in [-0.39, 0.29) is 42.3 Å². The summed E-state index contributed by atoms with van der Waals surface area (Å²) < 4.78 is 3.23. The maximum absolute atomic E-state index is 13.5. The van der Waals surface area contributed by atoms with Crippen LogP contribution in [-0.4, -0.2) is 108 Å². The number of piperazine rings is 1. The van der Waals surface area contributed by atoms with Crippen LogP contribution in [0, 0.1) is 5.41 Å². The van der Waals surface area contributed by atoms with E-state index in [1.807, 2.05) is 54.9 Å². The smallest absolute Gasteiger partial charge is 0.278 e. The molecular weight excluding hydrogens is 811 g/mol. The molecule has 6 heterocycles. The predicted octanol–water partition coefficient (Wildman–Crippen LogP) is 4.29. The van der Waals surface area contributed by atoms with Gasteiger partial charge in [-0.1, -0.05) is 35.5 Å². The molecule has 17 nitrogen and oxygen atoms in total. The molecule has 2 aliphatic carbocycles. The quantitative estimate of drug-likeness (QED) is 0.166. The monoisotopic (exact) mass is 861 g/mol. The van der Waals surface area contributed by atoms with Crippen LogP contribution in [0.1, 0.15) is 69.0 Å². The summed E-state index contributed by atoms with van der Waals surface area (Å²) in [5.41, 5.74) is 6.22. The molecule has 1 spiro atoms. The molecule has 3 aliphatic heterocycles. The van der Waals surface area contributed by atoms with E-state index in [0.29, 0.717) is 34.6 Å². The number of hydrogen-bond acceptors (Lipinski definition) is 13. The molecular formula is C47H51N13O4. The Morgan fingerprint density at radius 3 is 2.33 bits per heavy atom. The summed E-state index contributed by atoms with van der Waals surface area (Å²) in [6, 6.07) is 24.3. The summed E-state index contributed by atoms with van der Waals surface area (Å²) in [5.74, 6) is -0.129. The third kappa shape index (κ3) is 7.71. The van der Waals surface area contributed by atoms with Crippen molar-refractivity contribution in [3.8, 4) is 0 Å². The highest BCUT2D eigenvalue weighted by Gasteiger charge is 2.48. The van der Waals surface area contributed by atoms with Gasteiger partial charge in [0.05, 0.1) is 18.1 Å². The van der Waals surface area contributed by atoms with E-state index < -0.39 is 11.9 Å². The lowest BCUT2D eigenvalue weighted by atomic mass is 9.60. The number of hydrogen-bond donors (Lipinski definition) is 3. The number of fused-ring (bicyclic) bond motifs is 2. The van der Waals surface area contributed by atoms with E-state index in [2.05, 4.69) is 79.8 Å². The number of amides is 3. The molecule has 1 atom stereocenters. The molecule has 5 aliphatic rings. The van der Waals surface area contributed by atoms with Crippen LogP contribution in [0.4, 0.5) is 22.9 Å². The normalized spacial score (nSPS) is 22.6. The van der Waals surface area contributed by atoms with Gasteiger partial charge in [0.1, 0.15) is 17.9 Å². The molecule has 3 aromatic carbocycles. The van der Waals surface area contributed by atoms with Crippen LogP contribution >= 0.6 is 0 Å². The van der Waals surface area contributed by atoms with Crippen molar-refractivity contribution < 1.29 is 14.4 Å². The van der Waals surface area contributed by atoms with Gasteiger partial charge in [-0.3, -0.25) is 29.4 Å². The van der Waals surface area contributed by atoms with Crippen molar-refractivity contribution in [2.45, 2.75) is 82.0 Å². The molecule has 5 fully saturated rings. The van der Waals surface area contributed by atoms with Crippen molar-refractivity contribution in [1.82, 2.24) is 50.0 Å². The van der Waals surface area contributed by atoms with Crippen LogP contribution in [-0.2, 0) is 20.8 Å². The van der Waals surface area contributed by atoms with Gasteiger partial charge in [0.15, 0.2) is 17.0 Å². The SMILES string of the molecule is O=C1CCC(n2nnc3ccc(N4CCN(C5CC6(CCN(c7ccc(Nc8ncnc9c8ncn9C8CC(NC(=O)Cc9ccccc9)C8)cc7)CC6)C5)CC4)cc3c2=O)C(=O)N1.